The van der Waals surface area contributed by atoms with Crippen molar-refractivity contribution in [2.75, 3.05) is 45.2 Å². The summed E-state index contributed by atoms with van der Waals surface area (Å²) in [7, 11) is 3.66. The molecule has 0 aromatic heterocycles. The van der Waals surface area contributed by atoms with Crippen LogP contribution in [0.2, 0.25) is 0 Å². The summed E-state index contributed by atoms with van der Waals surface area (Å²) < 4.78 is 5.25. The number of rotatable bonds is 6. The second-order valence-corrected chi connectivity index (χ2v) is 7.83. The molecule has 0 spiro atoms. The van der Waals surface area contributed by atoms with E-state index in [0.29, 0.717) is 25.7 Å². The Bertz CT molecular complexity index is 379. The normalized spacial score (nSPS) is 18.4. The Morgan fingerprint density at radius 2 is 2.00 bits per heavy atom. The van der Waals surface area contributed by atoms with E-state index in [1.807, 2.05) is 39.6 Å². The van der Waals surface area contributed by atoms with Crippen LogP contribution in [0.25, 0.3) is 0 Å². The lowest BCUT2D eigenvalue weighted by Crippen LogP contribution is -2.43. The van der Waals surface area contributed by atoms with Crippen LogP contribution in [0.15, 0.2) is 0 Å². The third-order valence-electron chi connectivity index (χ3n) is 3.40. The minimum absolute atomic E-state index is 0.00279. The zero-order valence-corrected chi connectivity index (χ0v) is 15.2. The van der Waals surface area contributed by atoms with E-state index in [-0.39, 0.29) is 12.0 Å². The number of thioether (sulfide) groups is 1. The SMILES string of the molecule is CN(CCNC(=O)CN(C)C1CCSC1)C(=O)OC(C)(C)C. The molecule has 1 fully saturated rings. The van der Waals surface area contributed by atoms with Crippen LogP contribution < -0.4 is 5.32 Å². The highest BCUT2D eigenvalue weighted by molar-refractivity contribution is 7.99. The van der Waals surface area contributed by atoms with Crippen molar-refractivity contribution in [3.05, 3.63) is 0 Å². The van der Waals surface area contributed by atoms with Crippen molar-refractivity contribution in [2.45, 2.75) is 38.8 Å². The number of ether oxygens (including phenoxy) is 1. The number of amides is 2. The molecule has 1 aliphatic rings. The predicted molar refractivity (Wildman–Crippen MR) is 90.2 cm³/mol. The van der Waals surface area contributed by atoms with Gasteiger partial charge in [0, 0.05) is 31.9 Å². The largest absolute Gasteiger partial charge is 0.444 e. The quantitative estimate of drug-likeness (QED) is 0.797. The first-order chi connectivity index (χ1) is 10.2. The molecule has 1 unspecified atom stereocenters. The van der Waals surface area contributed by atoms with Gasteiger partial charge in [0.05, 0.1) is 6.54 Å². The van der Waals surface area contributed by atoms with E-state index in [0.717, 1.165) is 12.2 Å². The minimum atomic E-state index is -0.503. The summed E-state index contributed by atoms with van der Waals surface area (Å²) in [6, 6.07) is 0.500. The molecular weight excluding hydrogens is 302 g/mol. The van der Waals surface area contributed by atoms with Gasteiger partial charge in [0.2, 0.25) is 5.91 Å². The van der Waals surface area contributed by atoms with Crippen LogP contribution in [-0.2, 0) is 9.53 Å². The summed E-state index contributed by atoms with van der Waals surface area (Å²) in [5.74, 6) is 2.28. The molecule has 1 atom stereocenters. The number of carbonyl (C=O) groups excluding carboxylic acids is 2. The Hall–Kier alpha value is -0.950. The van der Waals surface area contributed by atoms with Gasteiger partial charge in [-0.25, -0.2) is 4.79 Å². The van der Waals surface area contributed by atoms with E-state index >= 15 is 0 Å². The Balaban J connectivity index is 2.19. The average Bonchev–Trinajstić information content (AvgIpc) is 2.90. The van der Waals surface area contributed by atoms with E-state index < -0.39 is 5.60 Å². The van der Waals surface area contributed by atoms with Crippen LogP contribution >= 0.6 is 11.8 Å². The smallest absolute Gasteiger partial charge is 0.410 e. The minimum Gasteiger partial charge on any atom is -0.444 e. The highest BCUT2D eigenvalue weighted by Gasteiger charge is 2.22. The number of hydrogen-bond acceptors (Lipinski definition) is 5. The van der Waals surface area contributed by atoms with Crippen molar-refractivity contribution in [1.29, 1.82) is 0 Å². The molecule has 1 heterocycles. The zero-order valence-electron chi connectivity index (χ0n) is 14.3. The Kier molecular flexibility index (Phi) is 7.48. The summed E-state index contributed by atoms with van der Waals surface area (Å²) in [6.07, 6.45) is 0.775. The third kappa shape index (κ3) is 7.35. The lowest BCUT2D eigenvalue weighted by atomic mass is 10.2. The second kappa shape index (κ2) is 8.62. The monoisotopic (exact) mass is 331 g/mol. The van der Waals surface area contributed by atoms with Crippen molar-refractivity contribution in [2.24, 2.45) is 0 Å². The molecule has 7 heteroatoms. The van der Waals surface area contributed by atoms with Gasteiger partial charge in [-0.15, -0.1) is 0 Å². The van der Waals surface area contributed by atoms with E-state index in [4.69, 9.17) is 4.74 Å². The summed E-state index contributed by atoms with van der Waals surface area (Å²) in [4.78, 5) is 27.2. The first kappa shape index (κ1) is 19.1. The third-order valence-corrected chi connectivity index (χ3v) is 4.54. The van der Waals surface area contributed by atoms with Crippen LogP contribution in [0.3, 0.4) is 0 Å². The van der Waals surface area contributed by atoms with Gasteiger partial charge in [0.25, 0.3) is 0 Å². The molecule has 0 aromatic carbocycles. The molecule has 0 aliphatic carbocycles. The highest BCUT2D eigenvalue weighted by Crippen LogP contribution is 2.20. The molecule has 1 rings (SSSR count). The summed E-state index contributed by atoms with van der Waals surface area (Å²) in [5.41, 5.74) is -0.503. The molecule has 22 heavy (non-hydrogen) atoms. The molecule has 1 aliphatic heterocycles. The van der Waals surface area contributed by atoms with Crippen LogP contribution in [0.4, 0.5) is 4.79 Å². The topological polar surface area (TPSA) is 61.9 Å². The number of hydrogen-bond donors (Lipinski definition) is 1. The van der Waals surface area contributed by atoms with E-state index in [9.17, 15) is 9.59 Å². The maximum atomic E-state index is 11.9. The number of nitrogens with zero attached hydrogens (tertiary/aromatic N) is 2. The molecule has 2 amide bonds. The first-order valence-corrected chi connectivity index (χ1v) is 8.83. The van der Waals surface area contributed by atoms with Gasteiger partial charge in [0.15, 0.2) is 0 Å². The van der Waals surface area contributed by atoms with Crippen LogP contribution in [-0.4, -0.2) is 78.7 Å². The van der Waals surface area contributed by atoms with Gasteiger partial charge in [-0.05, 0) is 40.0 Å². The van der Waals surface area contributed by atoms with E-state index in [1.165, 1.54) is 10.7 Å². The summed E-state index contributed by atoms with van der Waals surface area (Å²) >= 11 is 1.94. The lowest BCUT2D eigenvalue weighted by molar-refractivity contribution is -0.122. The van der Waals surface area contributed by atoms with Gasteiger partial charge >= 0.3 is 6.09 Å². The van der Waals surface area contributed by atoms with Crippen LogP contribution in [0.5, 0.6) is 0 Å². The summed E-state index contributed by atoms with van der Waals surface area (Å²) in [6.45, 7) is 6.76. The number of nitrogens with one attached hydrogen (secondary N) is 1. The molecular formula is C15H29N3O3S. The van der Waals surface area contributed by atoms with Gasteiger partial charge in [-0.1, -0.05) is 0 Å². The van der Waals surface area contributed by atoms with Crippen molar-refractivity contribution in [3.63, 3.8) is 0 Å². The molecule has 0 saturated carbocycles. The van der Waals surface area contributed by atoms with Gasteiger partial charge in [0.1, 0.15) is 5.60 Å². The average molecular weight is 331 g/mol. The van der Waals surface area contributed by atoms with Crippen molar-refractivity contribution in [1.82, 2.24) is 15.1 Å². The molecule has 1 saturated heterocycles. The zero-order chi connectivity index (χ0) is 16.8. The lowest BCUT2D eigenvalue weighted by Gasteiger charge is -2.25. The van der Waals surface area contributed by atoms with Crippen molar-refractivity contribution >= 4 is 23.8 Å². The molecule has 0 bridgehead atoms. The number of likely N-dealkylation sites (N-methyl/N-ethyl adjacent to an activating group) is 2. The van der Waals surface area contributed by atoms with Crippen molar-refractivity contribution < 1.29 is 14.3 Å². The van der Waals surface area contributed by atoms with Gasteiger partial charge in [-0.3, -0.25) is 9.69 Å². The standard InChI is InChI=1S/C15H29N3O3S/c1-15(2,3)21-14(20)17(4)8-7-16-13(19)10-18(5)12-6-9-22-11-12/h12H,6-11H2,1-5H3,(H,16,19). The molecule has 128 valence electrons. The van der Waals surface area contributed by atoms with Gasteiger partial charge < -0.3 is 15.0 Å². The fourth-order valence-electron chi connectivity index (χ4n) is 2.08. The predicted octanol–water partition coefficient (Wildman–Crippen LogP) is 1.41. The Morgan fingerprint density at radius 1 is 1.32 bits per heavy atom. The maximum absolute atomic E-state index is 11.9. The maximum Gasteiger partial charge on any atom is 0.410 e. The van der Waals surface area contributed by atoms with E-state index in [2.05, 4.69) is 10.2 Å². The van der Waals surface area contributed by atoms with E-state index in [1.54, 1.807) is 7.05 Å². The molecule has 1 N–H and O–H groups in total. The van der Waals surface area contributed by atoms with Crippen LogP contribution in [0.1, 0.15) is 27.2 Å². The number of carbonyl (C=O) groups is 2. The highest BCUT2D eigenvalue weighted by atomic mass is 32.2. The second-order valence-electron chi connectivity index (χ2n) is 6.68. The fraction of sp³-hybridized carbons (Fsp3) is 0.867. The van der Waals surface area contributed by atoms with Gasteiger partial charge in [-0.2, -0.15) is 11.8 Å². The molecule has 6 nitrogen and oxygen atoms in total. The molecule has 0 aromatic rings. The Morgan fingerprint density at radius 3 is 2.55 bits per heavy atom. The van der Waals surface area contributed by atoms with Crippen molar-refractivity contribution in [3.8, 4) is 0 Å². The summed E-state index contributed by atoms with van der Waals surface area (Å²) in [5, 5.41) is 2.85. The molecule has 0 radical (unpaired) electrons. The fourth-order valence-corrected chi connectivity index (χ4v) is 3.37. The van der Waals surface area contributed by atoms with Crippen LogP contribution in [0, 0.1) is 0 Å². The first-order valence-electron chi connectivity index (χ1n) is 7.68. The Labute approximate surface area is 137 Å².